The maximum absolute atomic E-state index is 12.8. The van der Waals surface area contributed by atoms with Gasteiger partial charge in [0, 0.05) is 19.3 Å². The van der Waals surface area contributed by atoms with Crippen molar-refractivity contribution in [3.05, 3.63) is 29.3 Å². The molecule has 1 aromatic carbocycles. The Kier molecular flexibility index (Phi) is 4.04. The second-order valence-corrected chi connectivity index (χ2v) is 5.11. The molecule has 5 heteroatoms. The molecule has 0 aliphatic carbocycles. The zero-order chi connectivity index (χ0) is 14.0. The molecule has 19 heavy (non-hydrogen) atoms. The predicted molar refractivity (Wildman–Crippen MR) is 70.4 cm³/mol. The fourth-order valence-electron chi connectivity index (χ4n) is 2.76. The Bertz CT molecular complexity index is 443. The van der Waals surface area contributed by atoms with Crippen LogP contribution < -0.4 is 10.6 Å². The van der Waals surface area contributed by atoms with Gasteiger partial charge in [0.1, 0.15) is 0 Å². The summed E-state index contributed by atoms with van der Waals surface area (Å²) >= 11 is 0. The van der Waals surface area contributed by atoms with E-state index in [9.17, 15) is 13.2 Å². The number of nitrogens with two attached hydrogens (primary N) is 1. The monoisotopic (exact) mass is 272 g/mol. The third-order valence-corrected chi connectivity index (χ3v) is 3.77. The van der Waals surface area contributed by atoms with E-state index in [1.165, 1.54) is 12.1 Å². The van der Waals surface area contributed by atoms with Crippen LogP contribution in [-0.4, -0.2) is 20.1 Å². The lowest BCUT2D eigenvalue weighted by molar-refractivity contribution is -0.137. The van der Waals surface area contributed by atoms with Crippen LogP contribution in [0.5, 0.6) is 0 Å². The number of rotatable bonds is 2. The SMILES string of the molecule is CN1CCCC(CCN)c2cc(C(F)(F)F)ccc21. The van der Waals surface area contributed by atoms with E-state index in [1.54, 1.807) is 6.07 Å². The van der Waals surface area contributed by atoms with Gasteiger partial charge in [-0.3, -0.25) is 0 Å². The van der Waals surface area contributed by atoms with Crippen molar-refractivity contribution in [2.45, 2.75) is 31.4 Å². The smallest absolute Gasteiger partial charge is 0.374 e. The lowest BCUT2D eigenvalue weighted by Crippen LogP contribution is -2.18. The summed E-state index contributed by atoms with van der Waals surface area (Å²) in [6.07, 6.45) is -1.66. The Morgan fingerprint density at radius 3 is 2.74 bits per heavy atom. The van der Waals surface area contributed by atoms with E-state index in [1.807, 2.05) is 11.9 Å². The van der Waals surface area contributed by atoms with Crippen molar-refractivity contribution in [2.75, 3.05) is 25.0 Å². The maximum atomic E-state index is 12.8. The lowest BCUT2D eigenvalue weighted by atomic mass is 9.90. The van der Waals surface area contributed by atoms with Crippen LogP contribution in [0.3, 0.4) is 0 Å². The summed E-state index contributed by atoms with van der Waals surface area (Å²) in [4.78, 5) is 2.03. The molecule has 1 atom stereocenters. The highest BCUT2D eigenvalue weighted by Gasteiger charge is 2.32. The van der Waals surface area contributed by atoms with Crippen LogP contribution in [0.25, 0.3) is 0 Å². The molecule has 106 valence electrons. The van der Waals surface area contributed by atoms with Crippen molar-refractivity contribution in [3.63, 3.8) is 0 Å². The molecule has 1 unspecified atom stereocenters. The van der Waals surface area contributed by atoms with Gasteiger partial charge in [0.2, 0.25) is 0 Å². The molecule has 2 N–H and O–H groups in total. The minimum absolute atomic E-state index is 0.132. The molecule has 0 saturated carbocycles. The highest BCUT2D eigenvalue weighted by molar-refractivity contribution is 5.57. The van der Waals surface area contributed by atoms with Crippen LogP contribution in [0.1, 0.15) is 36.3 Å². The molecule has 0 radical (unpaired) electrons. The van der Waals surface area contributed by atoms with Crippen molar-refractivity contribution >= 4 is 5.69 Å². The molecule has 2 nitrogen and oxygen atoms in total. The van der Waals surface area contributed by atoms with Gasteiger partial charge in [-0.2, -0.15) is 13.2 Å². The third kappa shape index (κ3) is 3.03. The van der Waals surface area contributed by atoms with Crippen LogP contribution >= 0.6 is 0 Å². The molecule has 0 saturated heterocycles. The number of hydrogen-bond acceptors (Lipinski definition) is 2. The van der Waals surface area contributed by atoms with E-state index in [2.05, 4.69) is 0 Å². The van der Waals surface area contributed by atoms with Gasteiger partial charge in [-0.1, -0.05) is 0 Å². The second kappa shape index (κ2) is 5.41. The summed E-state index contributed by atoms with van der Waals surface area (Å²) in [7, 11) is 1.93. The minimum atomic E-state index is -4.28. The summed E-state index contributed by atoms with van der Waals surface area (Å²) in [6, 6.07) is 4.06. The Morgan fingerprint density at radius 2 is 2.11 bits per heavy atom. The number of benzene rings is 1. The summed E-state index contributed by atoms with van der Waals surface area (Å²) in [5.41, 5.74) is 6.72. The van der Waals surface area contributed by atoms with E-state index in [4.69, 9.17) is 5.73 Å². The molecule has 0 spiro atoms. The maximum Gasteiger partial charge on any atom is 0.416 e. The molecule has 0 amide bonds. The van der Waals surface area contributed by atoms with Crippen molar-refractivity contribution in [1.82, 2.24) is 0 Å². The zero-order valence-corrected chi connectivity index (χ0v) is 11.0. The van der Waals surface area contributed by atoms with Crippen LogP contribution in [0.15, 0.2) is 18.2 Å². The molecule has 0 fully saturated rings. The molecule has 0 bridgehead atoms. The molecule has 1 heterocycles. The van der Waals surface area contributed by atoms with E-state index >= 15 is 0 Å². The summed E-state index contributed by atoms with van der Waals surface area (Å²) < 4.78 is 38.5. The first-order valence-corrected chi connectivity index (χ1v) is 6.56. The zero-order valence-electron chi connectivity index (χ0n) is 11.0. The van der Waals surface area contributed by atoms with Gasteiger partial charge < -0.3 is 10.6 Å². The molecule has 1 aliphatic rings. The van der Waals surface area contributed by atoms with E-state index < -0.39 is 11.7 Å². The minimum Gasteiger partial charge on any atom is -0.374 e. The second-order valence-electron chi connectivity index (χ2n) is 5.11. The largest absolute Gasteiger partial charge is 0.416 e. The quantitative estimate of drug-likeness (QED) is 0.894. The van der Waals surface area contributed by atoms with Crippen LogP contribution in [0, 0.1) is 0 Å². The van der Waals surface area contributed by atoms with Gasteiger partial charge in [-0.25, -0.2) is 0 Å². The van der Waals surface area contributed by atoms with Crippen molar-refractivity contribution < 1.29 is 13.2 Å². The van der Waals surface area contributed by atoms with E-state index in [0.717, 1.165) is 37.1 Å². The Balaban J connectivity index is 2.46. The fourth-order valence-corrected chi connectivity index (χ4v) is 2.76. The fraction of sp³-hybridized carbons (Fsp3) is 0.571. The van der Waals surface area contributed by atoms with Gasteiger partial charge in [0.15, 0.2) is 0 Å². The number of halogens is 3. The van der Waals surface area contributed by atoms with Crippen molar-refractivity contribution in [1.29, 1.82) is 0 Å². The van der Waals surface area contributed by atoms with Gasteiger partial charge in [0.25, 0.3) is 0 Å². The van der Waals surface area contributed by atoms with Crippen LogP contribution in [0.2, 0.25) is 0 Å². The molecule has 0 aromatic heterocycles. The molecule has 2 rings (SSSR count). The van der Waals surface area contributed by atoms with Gasteiger partial charge in [-0.15, -0.1) is 0 Å². The van der Waals surface area contributed by atoms with Crippen LogP contribution in [-0.2, 0) is 6.18 Å². The van der Waals surface area contributed by atoms with Gasteiger partial charge in [0.05, 0.1) is 5.56 Å². The Hall–Kier alpha value is -1.23. The third-order valence-electron chi connectivity index (χ3n) is 3.77. The molecule has 1 aromatic rings. The molecular weight excluding hydrogens is 253 g/mol. The summed E-state index contributed by atoms with van der Waals surface area (Å²) in [6.45, 7) is 1.38. The number of fused-ring (bicyclic) bond motifs is 1. The molecule has 1 aliphatic heterocycles. The first-order valence-electron chi connectivity index (χ1n) is 6.56. The average molecular weight is 272 g/mol. The van der Waals surface area contributed by atoms with E-state index in [0.29, 0.717) is 6.54 Å². The Morgan fingerprint density at radius 1 is 1.37 bits per heavy atom. The number of nitrogens with zero attached hydrogens (tertiary/aromatic N) is 1. The Labute approximate surface area is 111 Å². The summed E-state index contributed by atoms with van der Waals surface area (Å²) in [5, 5.41) is 0. The number of anilines is 1. The predicted octanol–water partition coefficient (Wildman–Crippen LogP) is 3.37. The lowest BCUT2D eigenvalue weighted by Gasteiger charge is -2.23. The number of hydrogen-bond donors (Lipinski definition) is 1. The van der Waals surface area contributed by atoms with Gasteiger partial charge >= 0.3 is 6.18 Å². The molecular formula is C14H19F3N2. The summed E-state index contributed by atoms with van der Waals surface area (Å²) in [5.74, 6) is 0.132. The highest BCUT2D eigenvalue weighted by atomic mass is 19.4. The van der Waals surface area contributed by atoms with Crippen molar-refractivity contribution in [3.8, 4) is 0 Å². The van der Waals surface area contributed by atoms with E-state index in [-0.39, 0.29) is 5.92 Å². The first-order chi connectivity index (χ1) is 8.93. The van der Waals surface area contributed by atoms with Crippen LogP contribution in [0.4, 0.5) is 18.9 Å². The highest BCUT2D eigenvalue weighted by Crippen LogP contribution is 2.39. The van der Waals surface area contributed by atoms with Crippen molar-refractivity contribution in [2.24, 2.45) is 5.73 Å². The normalized spacial score (nSPS) is 20.1. The standard InChI is InChI=1S/C14H19F3N2/c1-19-8-2-3-10(6-7-18)12-9-11(14(15,16)17)4-5-13(12)19/h4-5,9-10H,2-3,6-8,18H2,1H3. The van der Waals surface area contributed by atoms with Gasteiger partial charge in [-0.05, 0) is 55.5 Å². The average Bonchev–Trinajstić information content (AvgIpc) is 2.49. The first kappa shape index (κ1) is 14.2. The number of alkyl halides is 3. The topological polar surface area (TPSA) is 29.3 Å².